The lowest BCUT2D eigenvalue weighted by Gasteiger charge is -2.38. The number of rotatable bonds is 0. The minimum Gasteiger partial charge on any atom is -0.485 e. The molecular formula is C17H24N2O3. The highest BCUT2D eigenvalue weighted by atomic mass is 16.6. The van der Waals surface area contributed by atoms with E-state index in [0.29, 0.717) is 13.1 Å². The first-order chi connectivity index (χ1) is 10.3. The van der Waals surface area contributed by atoms with Crippen molar-refractivity contribution in [3.8, 4) is 5.75 Å². The zero-order valence-corrected chi connectivity index (χ0v) is 13.5. The van der Waals surface area contributed by atoms with Crippen LogP contribution >= 0.6 is 0 Å². The molecule has 5 nitrogen and oxygen atoms in total. The van der Waals surface area contributed by atoms with Crippen molar-refractivity contribution < 1.29 is 14.3 Å². The second kappa shape index (κ2) is 5.16. The fourth-order valence-corrected chi connectivity index (χ4v) is 3.24. The summed E-state index contributed by atoms with van der Waals surface area (Å²) < 4.78 is 11.7. The number of carbonyl (C=O) groups is 1. The first-order valence-electron chi connectivity index (χ1n) is 7.79. The van der Waals surface area contributed by atoms with E-state index in [1.165, 1.54) is 0 Å². The number of hydrogen-bond donors (Lipinski definition) is 1. The molecule has 0 saturated carbocycles. The van der Waals surface area contributed by atoms with E-state index in [4.69, 9.17) is 15.2 Å². The summed E-state index contributed by atoms with van der Waals surface area (Å²) in [5.74, 6) is 0.840. The predicted molar refractivity (Wildman–Crippen MR) is 83.8 cm³/mol. The van der Waals surface area contributed by atoms with E-state index in [9.17, 15) is 4.79 Å². The molecule has 1 saturated heterocycles. The van der Waals surface area contributed by atoms with Crippen LogP contribution in [0.25, 0.3) is 0 Å². The summed E-state index contributed by atoms with van der Waals surface area (Å²) in [6.07, 6.45) is 1.23. The lowest BCUT2D eigenvalue weighted by atomic mass is 9.87. The van der Waals surface area contributed by atoms with Gasteiger partial charge in [-0.3, -0.25) is 0 Å². The summed E-state index contributed by atoms with van der Waals surface area (Å²) in [4.78, 5) is 14.0. The van der Waals surface area contributed by atoms with Gasteiger partial charge < -0.3 is 20.1 Å². The number of nitrogens with two attached hydrogens (primary N) is 1. The maximum Gasteiger partial charge on any atom is 0.410 e. The molecule has 2 heterocycles. The van der Waals surface area contributed by atoms with Crippen molar-refractivity contribution in [1.29, 1.82) is 0 Å². The first-order valence-corrected chi connectivity index (χ1v) is 7.79. The van der Waals surface area contributed by atoms with Crippen molar-refractivity contribution in [2.45, 2.75) is 50.9 Å². The van der Waals surface area contributed by atoms with Crippen molar-refractivity contribution in [2.75, 3.05) is 13.1 Å². The molecule has 2 aliphatic heterocycles. The molecule has 1 aromatic carbocycles. The minimum atomic E-state index is -0.483. The minimum absolute atomic E-state index is 0.0523. The highest BCUT2D eigenvalue weighted by molar-refractivity contribution is 5.68. The number of para-hydroxylation sites is 1. The summed E-state index contributed by atoms with van der Waals surface area (Å²) in [6.45, 7) is 6.80. The quantitative estimate of drug-likeness (QED) is 0.800. The molecule has 2 aliphatic rings. The van der Waals surface area contributed by atoms with Crippen molar-refractivity contribution in [2.24, 2.45) is 5.73 Å². The van der Waals surface area contributed by atoms with Crippen molar-refractivity contribution in [1.82, 2.24) is 4.90 Å². The highest BCUT2D eigenvalue weighted by Gasteiger charge is 2.47. The average molecular weight is 304 g/mol. The third-order valence-corrected chi connectivity index (χ3v) is 4.20. The molecule has 2 N–H and O–H groups in total. The number of likely N-dealkylation sites (tertiary alicyclic amines) is 1. The van der Waals surface area contributed by atoms with E-state index in [-0.39, 0.29) is 17.7 Å². The Morgan fingerprint density at radius 1 is 1.41 bits per heavy atom. The fraction of sp³-hybridized carbons (Fsp3) is 0.588. The Morgan fingerprint density at radius 2 is 2.14 bits per heavy atom. The van der Waals surface area contributed by atoms with Crippen LogP contribution in [0.3, 0.4) is 0 Å². The van der Waals surface area contributed by atoms with Gasteiger partial charge in [-0.05, 0) is 26.8 Å². The predicted octanol–water partition coefficient (Wildman–Crippen LogP) is 2.85. The molecule has 2 atom stereocenters. The van der Waals surface area contributed by atoms with Gasteiger partial charge in [0.25, 0.3) is 0 Å². The Kier molecular flexibility index (Phi) is 3.56. The molecule has 1 aromatic rings. The summed E-state index contributed by atoms with van der Waals surface area (Å²) in [6, 6.07) is 7.83. The monoisotopic (exact) mass is 304 g/mol. The molecule has 0 bridgehead atoms. The van der Waals surface area contributed by atoms with Gasteiger partial charge in [-0.2, -0.15) is 0 Å². The average Bonchev–Trinajstić information content (AvgIpc) is 2.80. The second-order valence-electron chi connectivity index (χ2n) is 7.29. The van der Waals surface area contributed by atoms with Crippen LogP contribution in [0.4, 0.5) is 4.79 Å². The van der Waals surface area contributed by atoms with Crippen LogP contribution in [-0.4, -0.2) is 35.3 Å². The van der Waals surface area contributed by atoms with Crippen LogP contribution in [0.15, 0.2) is 24.3 Å². The van der Waals surface area contributed by atoms with E-state index >= 15 is 0 Å². The van der Waals surface area contributed by atoms with Gasteiger partial charge in [0.2, 0.25) is 0 Å². The topological polar surface area (TPSA) is 64.8 Å². The molecule has 0 aliphatic carbocycles. The maximum absolute atomic E-state index is 12.2. The Hall–Kier alpha value is -1.75. The third kappa shape index (κ3) is 2.90. The molecular weight excluding hydrogens is 280 g/mol. The van der Waals surface area contributed by atoms with E-state index < -0.39 is 5.60 Å². The van der Waals surface area contributed by atoms with E-state index in [0.717, 1.165) is 24.2 Å². The SMILES string of the molecule is CC(C)(C)OC(=O)N1CCC2(CC(N)c3ccccc3O2)C1. The molecule has 1 spiro atoms. The smallest absolute Gasteiger partial charge is 0.410 e. The van der Waals surface area contributed by atoms with E-state index in [1.54, 1.807) is 4.90 Å². The number of amides is 1. The number of carbonyl (C=O) groups excluding carboxylic acids is 1. The number of hydrogen-bond acceptors (Lipinski definition) is 4. The lowest BCUT2D eigenvalue weighted by Crippen LogP contribution is -2.46. The van der Waals surface area contributed by atoms with Gasteiger partial charge in [-0.15, -0.1) is 0 Å². The van der Waals surface area contributed by atoms with Gasteiger partial charge in [0.1, 0.15) is 17.0 Å². The maximum atomic E-state index is 12.2. The van der Waals surface area contributed by atoms with Crippen molar-refractivity contribution >= 4 is 6.09 Å². The fourth-order valence-electron chi connectivity index (χ4n) is 3.24. The molecule has 1 amide bonds. The normalized spacial score (nSPS) is 27.5. The van der Waals surface area contributed by atoms with Crippen molar-refractivity contribution in [3.05, 3.63) is 29.8 Å². The highest BCUT2D eigenvalue weighted by Crippen LogP contribution is 2.42. The van der Waals surface area contributed by atoms with Gasteiger partial charge in [-0.1, -0.05) is 18.2 Å². The molecule has 0 radical (unpaired) electrons. The van der Waals surface area contributed by atoms with Gasteiger partial charge in [0, 0.05) is 31.0 Å². The van der Waals surface area contributed by atoms with Crippen LogP contribution < -0.4 is 10.5 Å². The molecule has 3 rings (SSSR count). The van der Waals surface area contributed by atoms with Gasteiger partial charge >= 0.3 is 6.09 Å². The number of ether oxygens (including phenoxy) is 2. The molecule has 22 heavy (non-hydrogen) atoms. The Labute approximate surface area is 131 Å². The van der Waals surface area contributed by atoms with Gasteiger partial charge in [0.15, 0.2) is 0 Å². The van der Waals surface area contributed by atoms with E-state index in [1.807, 2.05) is 45.0 Å². The number of nitrogens with zero attached hydrogens (tertiary/aromatic N) is 1. The zero-order valence-electron chi connectivity index (χ0n) is 13.5. The van der Waals surface area contributed by atoms with Gasteiger partial charge in [-0.25, -0.2) is 4.79 Å². The van der Waals surface area contributed by atoms with Crippen LogP contribution in [0.5, 0.6) is 5.75 Å². The largest absolute Gasteiger partial charge is 0.485 e. The van der Waals surface area contributed by atoms with Crippen LogP contribution in [0, 0.1) is 0 Å². The van der Waals surface area contributed by atoms with Crippen LogP contribution in [-0.2, 0) is 4.74 Å². The van der Waals surface area contributed by atoms with Crippen LogP contribution in [0.1, 0.15) is 45.2 Å². The third-order valence-electron chi connectivity index (χ3n) is 4.20. The zero-order chi connectivity index (χ0) is 16.0. The molecule has 1 fully saturated rings. The number of fused-ring (bicyclic) bond motifs is 1. The number of benzene rings is 1. The van der Waals surface area contributed by atoms with Crippen LogP contribution in [0.2, 0.25) is 0 Å². The first kappa shape index (κ1) is 15.2. The molecule has 0 aromatic heterocycles. The molecule has 5 heteroatoms. The molecule has 120 valence electrons. The van der Waals surface area contributed by atoms with Crippen molar-refractivity contribution in [3.63, 3.8) is 0 Å². The molecule has 2 unspecified atom stereocenters. The standard InChI is InChI=1S/C17H24N2O3/c1-16(2,3)22-15(20)19-9-8-17(11-19)10-13(18)12-6-4-5-7-14(12)21-17/h4-7,13H,8-11,18H2,1-3H3. The summed E-state index contributed by atoms with van der Waals surface area (Å²) >= 11 is 0. The summed E-state index contributed by atoms with van der Waals surface area (Å²) in [5, 5.41) is 0. The Balaban J connectivity index is 1.74. The Morgan fingerprint density at radius 3 is 2.86 bits per heavy atom. The lowest BCUT2D eigenvalue weighted by molar-refractivity contribution is 0.0144. The Bertz CT molecular complexity index is 582. The summed E-state index contributed by atoms with van der Waals surface area (Å²) in [5.41, 5.74) is 6.49. The summed E-state index contributed by atoms with van der Waals surface area (Å²) in [7, 11) is 0. The van der Waals surface area contributed by atoms with E-state index in [2.05, 4.69) is 0 Å². The van der Waals surface area contributed by atoms with Gasteiger partial charge in [0.05, 0.1) is 6.54 Å². The second-order valence-corrected chi connectivity index (χ2v) is 7.29.